The summed E-state index contributed by atoms with van der Waals surface area (Å²) in [6.45, 7) is 2.84. The monoisotopic (exact) mass is 287 g/mol. The first-order valence-corrected chi connectivity index (χ1v) is 6.85. The molecular weight excluding hydrogens is 269 g/mol. The number of carbonyl (C=O) groups is 1. The summed E-state index contributed by atoms with van der Waals surface area (Å²) < 4.78 is 13.0. The molecule has 0 aliphatic carbocycles. The lowest BCUT2D eigenvalue weighted by Gasteiger charge is -2.19. The first-order valence-electron chi connectivity index (χ1n) is 6.85. The van der Waals surface area contributed by atoms with Crippen LogP contribution in [-0.4, -0.2) is 24.5 Å². The van der Waals surface area contributed by atoms with Gasteiger partial charge in [0.25, 0.3) is 5.91 Å². The van der Waals surface area contributed by atoms with E-state index in [0.717, 1.165) is 18.7 Å². The van der Waals surface area contributed by atoms with Crippen LogP contribution >= 0.6 is 0 Å². The van der Waals surface area contributed by atoms with Crippen molar-refractivity contribution in [3.8, 4) is 0 Å². The Labute approximate surface area is 123 Å². The van der Waals surface area contributed by atoms with E-state index in [-0.39, 0.29) is 11.7 Å². The van der Waals surface area contributed by atoms with E-state index in [1.165, 1.54) is 17.0 Å². The van der Waals surface area contributed by atoms with Crippen molar-refractivity contribution in [2.24, 2.45) is 0 Å². The van der Waals surface area contributed by atoms with Gasteiger partial charge in [-0.1, -0.05) is 6.92 Å². The molecule has 1 aromatic heterocycles. The largest absolute Gasteiger partial charge is 0.384 e. The predicted octanol–water partition coefficient (Wildman–Crippen LogP) is 3.32. The first kappa shape index (κ1) is 15.0. The number of hydrogen-bond acceptors (Lipinski definition) is 3. The second-order valence-corrected chi connectivity index (χ2v) is 4.69. The Morgan fingerprint density at radius 2 is 2.00 bits per heavy atom. The smallest absolute Gasteiger partial charge is 0.261 e. The van der Waals surface area contributed by atoms with E-state index in [4.69, 9.17) is 0 Å². The maximum atomic E-state index is 13.0. The van der Waals surface area contributed by atoms with Gasteiger partial charge >= 0.3 is 0 Å². The number of amides is 1. The highest BCUT2D eigenvalue weighted by Gasteiger charge is 2.17. The predicted molar refractivity (Wildman–Crippen MR) is 82.2 cm³/mol. The number of hydrogen-bond donors (Lipinski definition) is 1. The third kappa shape index (κ3) is 3.56. The number of nitrogens with zero attached hydrogens (tertiary/aromatic N) is 2. The molecule has 4 nitrogen and oxygen atoms in total. The molecule has 2 rings (SSSR count). The van der Waals surface area contributed by atoms with Crippen molar-refractivity contribution in [1.82, 2.24) is 4.98 Å². The van der Waals surface area contributed by atoms with Crippen LogP contribution < -0.4 is 10.2 Å². The number of rotatable bonds is 5. The molecule has 1 N–H and O–H groups in total. The van der Waals surface area contributed by atoms with Crippen molar-refractivity contribution in [2.75, 3.05) is 23.8 Å². The minimum absolute atomic E-state index is 0.187. The molecule has 1 aromatic carbocycles. The second-order valence-electron chi connectivity index (χ2n) is 4.69. The van der Waals surface area contributed by atoms with Gasteiger partial charge in [-0.3, -0.25) is 9.78 Å². The molecule has 0 bridgehead atoms. The van der Waals surface area contributed by atoms with Crippen LogP contribution in [0.2, 0.25) is 0 Å². The van der Waals surface area contributed by atoms with Gasteiger partial charge in [0.05, 0.1) is 11.3 Å². The van der Waals surface area contributed by atoms with Crippen LogP contribution in [0.4, 0.5) is 15.8 Å². The van der Waals surface area contributed by atoms with Crippen molar-refractivity contribution in [3.05, 3.63) is 54.1 Å². The zero-order chi connectivity index (χ0) is 15.2. The van der Waals surface area contributed by atoms with E-state index in [1.54, 1.807) is 37.6 Å². The summed E-state index contributed by atoms with van der Waals surface area (Å²) in [4.78, 5) is 18.1. The molecule has 0 spiro atoms. The van der Waals surface area contributed by atoms with E-state index in [9.17, 15) is 9.18 Å². The van der Waals surface area contributed by atoms with Gasteiger partial charge in [-0.2, -0.15) is 0 Å². The van der Waals surface area contributed by atoms with Gasteiger partial charge in [0.15, 0.2) is 0 Å². The Morgan fingerprint density at radius 3 is 2.67 bits per heavy atom. The molecule has 0 saturated heterocycles. The maximum Gasteiger partial charge on any atom is 0.261 e. The SMILES string of the molecule is CCCNc1ccncc1C(=O)N(C)c1ccc(F)cc1. The van der Waals surface area contributed by atoms with E-state index in [2.05, 4.69) is 17.2 Å². The lowest BCUT2D eigenvalue weighted by Crippen LogP contribution is -2.27. The highest BCUT2D eigenvalue weighted by molar-refractivity contribution is 6.09. The standard InChI is InChI=1S/C16H18FN3O/c1-3-9-19-15-8-10-18-11-14(15)16(21)20(2)13-6-4-12(17)5-7-13/h4-8,10-11H,3,9H2,1-2H3,(H,18,19). The lowest BCUT2D eigenvalue weighted by atomic mass is 10.2. The Balaban J connectivity index is 2.24. The van der Waals surface area contributed by atoms with E-state index >= 15 is 0 Å². The number of benzene rings is 1. The fourth-order valence-corrected chi connectivity index (χ4v) is 1.94. The topological polar surface area (TPSA) is 45.2 Å². The highest BCUT2D eigenvalue weighted by atomic mass is 19.1. The van der Waals surface area contributed by atoms with Crippen molar-refractivity contribution >= 4 is 17.3 Å². The maximum absolute atomic E-state index is 13.0. The second kappa shape index (κ2) is 6.83. The van der Waals surface area contributed by atoms with Gasteiger partial charge in [-0.15, -0.1) is 0 Å². The van der Waals surface area contributed by atoms with E-state index in [1.807, 2.05) is 0 Å². The summed E-state index contributed by atoms with van der Waals surface area (Å²) in [6, 6.07) is 7.59. The van der Waals surface area contributed by atoms with Crippen LogP contribution in [0.15, 0.2) is 42.7 Å². The molecule has 0 aliphatic rings. The number of nitrogens with one attached hydrogen (secondary N) is 1. The molecule has 0 unspecified atom stereocenters. The van der Waals surface area contributed by atoms with Crippen LogP contribution in [0.1, 0.15) is 23.7 Å². The molecule has 0 radical (unpaired) electrons. The molecule has 21 heavy (non-hydrogen) atoms. The Kier molecular flexibility index (Phi) is 4.87. The van der Waals surface area contributed by atoms with Gasteiger partial charge in [0.2, 0.25) is 0 Å². The summed E-state index contributed by atoms with van der Waals surface area (Å²) in [5.74, 6) is -0.514. The third-order valence-corrected chi connectivity index (χ3v) is 3.14. The average Bonchev–Trinajstić information content (AvgIpc) is 2.52. The molecule has 110 valence electrons. The van der Waals surface area contributed by atoms with Gasteiger partial charge in [0, 0.05) is 31.7 Å². The van der Waals surface area contributed by atoms with Crippen LogP contribution in [0, 0.1) is 5.82 Å². The summed E-state index contributed by atoms with van der Waals surface area (Å²) in [7, 11) is 1.66. The summed E-state index contributed by atoms with van der Waals surface area (Å²) in [5, 5.41) is 3.21. The van der Waals surface area contributed by atoms with Crippen molar-refractivity contribution in [3.63, 3.8) is 0 Å². The third-order valence-electron chi connectivity index (χ3n) is 3.14. The number of aromatic nitrogens is 1. The zero-order valence-electron chi connectivity index (χ0n) is 12.1. The van der Waals surface area contributed by atoms with Crippen molar-refractivity contribution in [1.29, 1.82) is 0 Å². The minimum atomic E-state index is -0.328. The van der Waals surface area contributed by atoms with Crippen LogP contribution in [-0.2, 0) is 0 Å². The summed E-state index contributed by atoms with van der Waals surface area (Å²) in [6.07, 6.45) is 4.15. The number of halogens is 1. The van der Waals surface area contributed by atoms with Crippen LogP contribution in [0.5, 0.6) is 0 Å². The zero-order valence-corrected chi connectivity index (χ0v) is 12.1. The molecular formula is C16H18FN3O. The molecule has 5 heteroatoms. The number of pyridine rings is 1. The van der Waals surface area contributed by atoms with E-state index < -0.39 is 0 Å². The molecule has 2 aromatic rings. The molecule has 1 heterocycles. The van der Waals surface area contributed by atoms with Gasteiger partial charge in [0.1, 0.15) is 5.82 Å². The van der Waals surface area contributed by atoms with Gasteiger partial charge in [-0.25, -0.2) is 4.39 Å². The number of carbonyl (C=O) groups excluding carboxylic acids is 1. The summed E-state index contributed by atoms with van der Waals surface area (Å²) in [5.41, 5.74) is 1.88. The Bertz CT molecular complexity index is 613. The molecule has 0 saturated carbocycles. The average molecular weight is 287 g/mol. The summed E-state index contributed by atoms with van der Waals surface area (Å²) >= 11 is 0. The molecule has 0 fully saturated rings. The number of anilines is 2. The fraction of sp³-hybridized carbons (Fsp3) is 0.250. The molecule has 0 atom stereocenters. The van der Waals surface area contributed by atoms with Gasteiger partial charge in [-0.05, 0) is 36.8 Å². The van der Waals surface area contributed by atoms with Gasteiger partial charge < -0.3 is 10.2 Å². The molecule has 0 aliphatic heterocycles. The lowest BCUT2D eigenvalue weighted by molar-refractivity contribution is 0.0993. The quantitative estimate of drug-likeness (QED) is 0.917. The minimum Gasteiger partial charge on any atom is -0.384 e. The first-order chi connectivity index (χ1) is 10.1. The Hall–Kier alpha value is -2.43. The van der Waals surface area contributed by atoms with E-state index in [0.29, 0.717) is 11.3 Å². The normalized spacial score (nSPS) is 10.2. The van der Waals surface area contributed by atoms with Crippen molar-refractivity contribution in [2.45, 2.75) is 13.3 Å². The Morgan fingerprint density at radius 1 is 1.29 bits per heavy atom. The highest BCUT2D eigenvalue weighted by Crippen LogP contribution is 2.20. The van der Waals surface area contributed by atoms with Crippen LogP contribution in [0.3, 0.4) is 0 Å². The van der Waals surface area contributed by atoms with Crippen LogP contribution in [0.25, 0.3) is 0 Å². The fourth-order valence-electron chi connectivity index (χ4n) is 1.94. The molecule has 1 amide bonds. The van der Waals surface area contributed by atoms with Crippen molar-refractivity contribution < 1.29 is 9.18 Å².